The van der Waals surface area contributed by atoms with Crippen LogP contribution in [0.15, 0.2) is 82.7 Å². The molecular formula is C24H18ClN3O3S. The molecule has 8 heteroatoms. The molecule has 2 amide bonds. The van der Waals surface area contributed by atoms with Crippen LogP contribution in [0.2, 0.25) is 5.02 Å². The van der Waals surface area contributed by atoms with Crippen molar-refractivity contribution in [3.05, 3.63) is 99.4 Å². The van der Waals surface area contributed by atoms with Crippen LogP contribution >= 0.6 is 23.4 Å². The van der Waals surface area contributed by atoms with E-state index in [0.29, 0.717) is 33.1 Å². The van der Waals surface area contributed by atoms with Crippen LogP contribution in [0.1, 0.15) is 21.5 Å². The number of carbonyl (C=O) groups is 2. The van der Waals surface area contributed by atoms with Gasteiger partial charge in [0.1, 0.15) is 12.4 Å². The zero-order valence-corrected chi connectivity index (χ0v) is 18.3. The smallest absolute Gasteiger partial charge is 0.264 e. The number of amides is 2. The highest BCUT2D eigenvalue weighted by atomic mass is 35.5. The molecular weight excluding hydrogens is 446 g/mol. The number of hydrogen-bond acceptors (Lipinski definition) is 5. The molecule has 0 atom stereocenters. The predicted molar refractivity (Wildman–Crippen MR) is 128 cm³/mol. The van der Waals surface area contributed by atoms with Crippen molar-refractivity contribution in [2.75, 3.05) is 0 Å². The summed E-state index contributed by atoms with van der Waals surface area (Å²) in [7, 11) is 0. The predicted octanol–water partition coefficient (Wildman–Crippen LogP) is 4.91. The summed E-state index contributed by atoms with van der Waals surface area (Å²) in [4.78, 5) is 28.9. The molecule has 160 valence electrons. The van der Waals surface area contributed by atoms with Crippen LogP contribution < -0.4 is 15.8 Å². The fourth-order valence-corrected chi connectivity index (χ4v) is 3.92. The lowest BCUT2D eigenvalue weighted by Gasteiger charge is -2.07. The lowest BCUT2D eigenvalue weighted by molar-refractivity contribution is -0.115. The molecule has 0 aliphatic carbocycles. The van der Waals surface area contributed by atoms with Gasteiger partial charge < -0.3 is 15.8 Å². The monoisotopic (exact) mass is 463 g/mol. The van der Waals surface area contributed by atoms with E-state index in [9.17, 15) is 9.59 Å². The molecule has 4 rings (SSSR count). The molecule has 0 aromatic heterocycles. The molecule has 3 N–H and O–H groups in total. The van der Waals surface area contributed by atoms with E-state index in [0.717, 1.165) is 11.1 Å². The molecule has 0 radical (unpaired) electrons. The van der Waals surface area contributed by atoms with Crippen molar-refractivity contribution < 1.29 is 14.3 Å². The third kappa shape index (κ3) is 5.38. The lowest BCUT2D eigenvalue weighted by Crippen LogP contribution is -2.19. The molecule has 1 fully saturated rings. The number of nitrogens with one attached hydrogen (secondary N) is 1. The van der Waals surface area contributed by atoms with E-state index in [4.69, 9.17) is 22.1 Å². The first-order chi connectivity index (χ1) is 15.5. The molecule has 1 heterocycles. The highest BCUT2D eigenvalue weighted by molar-refractivity contribution is 8.18. The Labute approximate surface area is 194 Å². The quantitative estimate of drug-likeness (QED) is 0.508. The minimum atomic E-state index is -0.578. The summed E-state index contributed by atoms with van der Waals surface area (Å²) in [5.41, 5.74) is 7.91. The Balaban J connectivity index is 1.48. The van der Waals surface area contributed by atoms with E-state index < -0.39 is 5.91 Å². The van der Waals surface area contributed by atoms with E-state index in [-0.39, 0.29) is 11.5 Å². The molecule has 0 spiro atoms. The Morgan fingerprint density at radius 1 is 1.09 bits per heavy atom. The summed E-state index contributed by atoms with van der Waals surface area (Å²) < 4.78 is 5.85. The Bertz CT molecular complexity index is 1240. The summed E-state index contributed by atoms with van der Waals surface area (Å²) in [6, 6.07) is 21.6. The van der Waals surface area contributed by atoms with Crippen LogP contribution in [-0.4, -0.2) is 17.0 Å². The van der Waals surface area contributed by atoms with Gasteiger partial charge in [-0.15, -0.1) is 0 Å². The molecule has 0 saturated carbocycles. The fourth-order valence-electron chi connectivity index (χ4n) is 2.96. The van der Waals surface area contributed by atoms with Crippen LogP contribution in [-0.2, 0) is 11.4 Å². The number of para-hydroxylation sites is 1. The fraction of sp³-hybridized carbons (Fsp3) is 0.0417. The number of primary amides is 1. The van der Waals surface area contributed by atoms with Gasteiger partial charge >= 0.3 is 0 Å². The first kappa shape index (κ1) is 21.7. The second kappa shape index (κ2) is 9.72. The van der Waals surface area contributed by atoms with Crippen molar-refractivity contribution in [2.45, 2.75) is 6.61 Å². The molecule has 1 aliphatic heterocycles. The van der Waals surface area contributed by atoms with Gasteiger partial charge in [-0.05, 0) is 65.4 Å². The van der Waals surface area contributed by atoms with Gasteiger partial charge in [-0.3, -0.25) is 9.59 Å². The Morgan fingerprint density at radius 3 is 2.66 bits per heavy atom. The number of rotatable bonds is 6. The lowest BCUT2D eigenvalue weighted by atomic mass is 10.2. The van der Waals surface area contributed by atoms with E-state index in [1.807, 2.05) is 48.5 Å². The summed E-state index contributed by atoms with van der Waals surface area (Å²) in [5.74, 6) is -0.162. The van der Waals surface area contributed by atoms with Crippen molar-refractivity contribution in [1.82, 2.24) is 5.32 Å². The molecule has 3 aromatic carbocycles. The second-order valence-corrected chi connectivity index (χ2v) is 8.32. The largest absolute Gasteiger partial charge is 0.489 e. The zero-order valence-electron chi connectivity index (χ0n) is 16.7. The summed E-state index contributed by atoms with van der Waals surface area (Å²) in [5, 5.41) is 3.77. The van der Waals surface area contributed by atoms with Gasteiger partial charge in [-0.1, -0.05) is 48.0 Å². The van der Waals surface area contributed by atoms with E-state index in [1.54, 1.807) is 30.3 Å². The molecule has 6 nitrogen and oxygen atoms in total. The average molecular weight is 464 g/mol. The van der Waals surface area contributed by atoms with Crippen molar-refractivity contribution in [2.24, 2.45) is 10.7 Å². The topological polar surface area (TPSA) is 93.8 Å². The number of hydrogen-bond donors (Lipinski definition) is 2. The van der Waals surface area contributed by atoms with Gasteiger partial charge in [0.05, 0.1) is 16.2 Å². The normalized spacial score (nSPS) is 15.7. The van der Waals surface area contributed by atoms with Crippen LogP contribution in [0.4, 0.5) is 5.69 Å². The third-order valence-electron chi connectivity index (χ3n) is 4.52. The third-order valence-corrected chi connectivity index (χ3v) is 5.68. The van der Waals surface area contributed by atoms with E-state index in [1.165, 1.54) is 11.8 Å². The van der Waals surface area contributed by atoms with Crippen molar-refractivity contribution in [3.63, 3.8) is 0 Å². The maximum absolute atomic E-state index is 12.4. The van der Waals surface area contributed by atoms with Crippen LogP contribution in [0.5, 0.6) is 5.75 Å². The standard InChI is InChI=1S/C24H18ClN3O3S/c25-17-10-8-15(9-11-17)14-31-18-5-3-4-16(12-18)13-21-23(30)28-24(32-21)27-20-7-2-1-6-19(20)22(26)29/h1-13H,14H2,(H2,26,29)(H,27,28,30)/b21-13-. The summed E-state index contributed by atoms with van der Waals surface area (Å²) in [6.45, 7) is 0.405. The van der Waals surface area contributed by atoms with Crippen LogP contribution in [0.25, 0.3) is 6.08 Å². The number of nitrogens with two attached hydrogens (primary N) is 1. The minimum absolute atomic E-state index is 0.266. The summed E-state index contributed by atoms with van der Waals surface area (Å²) >= 11 is 7.10. The Morgan fingerprint density at radius 2 is 1.88 bits per heavy atom. The number of halogens is 1. The van der Waals surface area contributed by atoms with Gasteiger partial charge in [-0.2, -0.15) is 0 Å². The maximum atomic E-state index is 12.4. The van der Waals surface area contributed by atoms with Crippen molar-refractivity contribution in [3.8, 4) is 5.75 Å². The summed E-state index contributed by atoms with van der Waals surface area (Å²) in [6.07, 6.45) is 1.76. The van der Waals surface area contributed by atoms with Crippen LogP contribution in [0, 0.1) is 0 Å². The highest BCUT2D eigenvalue weighted by Gasteiger charge is 2.24. The molecule has 0 bridgehead atoms. The van der Waals surface area contributed by atoms with E-state index >= 15 is 0 Å². The molecule has 3 aromatic rings. The number of amidine groups is 1. The Hall–Kier alpha value is -3.55. The first-order valence-electron chi connectivity index (χ1n) is 9.64. The SMILES string of the molecule is NC(=O)c1ccccc1N=C1NC(=O)/C(=C/c2cccc(OCc3ccc(Cl)cc3)c2)S1. The number of aliphatic imine (C=N–C) groups is 1. The van der Waals surface area contributed by atoms with Gasteiger partial charge in [0.15, 0.2) is 5.17 Å². The van der Waals surface area contributed by atoms with Gasteiger partial charge in [-0.25, -0.2) is 4.99 Å². The number of thioether (sulfide) groups is 1. The van der Waals surface area contributed by atoms with E-state index in [2.05, 4.69) is 10.3 Å². The second-order valence-electron chi connectivity index (χ2n) is 6.85. The minimum Gasteiger partial charge on any atom is -0.489 e. The van der Waals surface area contributed by atoms with Gasteiger partial charge in [0, 0.05) is 5.02 Å². The first-order valence-corrected chi connectivity index (χ1v) is 10.8. The van der Waals surface area contributed by atoms with Gasteiger partial charge in [0.25, 0.3) is 11.8 Å². The molecule has 1 saturated heterocycles. The zero-order chi connectivity index (χ0) is 22.5. The number of nitrogens with zero attached hydrogens (tertiary/aromatic N) is 1. The number of carbonyl (C=O) groups excluding carboxylic acids is 2. The Kier molecular flexibility index (Phi) is 6.58. The molecule has 32 heavy (non-hydrogen) atoms. The number of benzene rings is 3. The highest BCUT2D eigenvalue weighted by Crippen LogP contribution is 2.30. The van der Waals surface area contributed by atoms with Crippen molar-refractivity contribution in [1.29, 1.82) is 0 Å². The molecule has 1 aliphatic rings. The van der Waals surface area contributed by atoms with Crippen LogP contribution in [0.3, 0.4) is 0 Å². The average Bonchev–Trinajstić information content (AvgIpc) is 3.12. The van der Waals surface area contributed by atoms with Gasteiger partial charge in [0.2, 0.25) is 0 Å². The number of ether oxygens (including phenoxy) is 1. The van der Waals surface area contributed by atoms with Crippen molar-refractivity contribution >= 4 is 52.1 Å². The molecule has 0 unspecified atom stereocenters. The maximum Gasteiger partial charge on any atom is 0.264 e.